The van der Waals surface area contributed by atoms with E-state index < -0.39 is 0 Å². The van der Waals surface area contributed by atoms with Crippen molar-refractivity contribution in [3.63, 3.8) is 0 Å². The first-order valence-electron chi connectivity index (χ1n) is 7.82. The maximum Gasteiger partial charge on any atom is 0.319 e. The summed E-state index contributed by atoms with van der Waals surface area (Å²) in [5.74, 6) is 0. The van der Waals surface area contributed by atoms with Crippen LogP contribution < -0.4 is 10.6 Å². The molecular formula is C15H26N4O2. The Hall–Kier alpha value is -1.56. The maximum atomic E-state index is 12.0. The van der Waals surface area contributed by atoms with Crippen LogP contribution in [0.3, 0.4) is 0 Å². The lowest BCUT2D eigenvalue weighted by Gasteiger charge is -2.22. The van der Waals surface area contributed by atoms with Crippen LogP contribution in [0.5, 0.6) is 0 Å². The van der Waals surface area contributed by atoms with Crippen LogP contribution in [0.15, 0.2) is 0 Å². The van der Waals surface area contributed by atoms with Gasteiger partial charge in [-0.2, -0.15) is 5.10 Å². The van der Waals surface area contributed by atoms with E-state index in [4.69, 9.17) is 4.74 Å². The van der Waals surface area contributed by atoms with E-state index in [0.29, 0.717) is 12.6 Å². The molecule has 2 amide bonds. The summed E-state index contributed by atoms with van der Waals surface area (Å²) in [6.45, 7) is 8.20. The summed E-state index contributed by atoms with van der Waals surface area (Å²) in [5, 5.41) is 10.2. The first kappa shape index (κ1) is 15.8. The predicted molar refractivity (Wildman–Crippen MR) is 82.6 cm³/mol. The summed E-state index contributed by atoms with van der Waals surface area (Å²) in [6.07, 6.45) is 4.66. The van der Waals surface area contributed by atoms with Crippen molar-refractivity contribution >= 4 is 11.7 Å². The quantitative estimate of drug-likeness (QED) is 0.877. The van der Waals surface area contributed by atoms with Gasteiger partial charge in [0.25, 0.3) is 0 Å². The van der Waals surface area contributed by atoms with Crippen LogP contribution in [-0.4, -0.2) is 35.1 Å². The van der Waals surface area contributed by atoms with E-state index in [2.05, 4.69) is 15.7 Å². The molecule has 0 aromatic carbocycles. The molecule has 0 spiro atoms. The molecule has 6 heteroatoms. The van der Waals surface area contributed by atoms with Gasteiger partial charge in [0, 0.05) is 19.7 Å². The van der Waals surface area contributed by atoms with Gasteiger partial charge in [-0.05, 0) is 46.5 Å². The smallest absolute Gasteiger partial charge is 0.319 e. The second kappa shape index (κ2) is 7.45. The summed E-state index contributed by atoms with van der Waals surface area (Å²) in [4.78, 5) is 12.0. The van der Waals surface area contributed by atoms with Gasteiger partial charge in [-0.15, -0.1) is 0 Å². The minimum atomic E-state index is -0.173. The predicted octanol–water partition coefficient (Wildman–Crippen LogP) is 2.60. The van der Waals surface area contributed by atoms with E-state index in [1.54, 1.807) is 0 Å². The first-order chi connectivity index (χ1) is 10.1. The Labute approximate surface area is 126 Å². The van der Waals surface area contributed by atoms with E-state index in [-0.39, 0.29) is 6.03 Å². The van der Waals surface area contributed by atoms with Crippen molar-refractivity contribution in [1.29, 1.82) is 0 Å². The van der Waals surface area contributed by atoms with E-state index >= 15 is 0 Å². The summed E-state index contributed by atoms with van der Waals surface area (Å²) >= 11 is 0. The van der Waals surface area contributed by atoms with Gasteiger partial charge >= 0.3 is 6.03 Å². The molecule has 1 aromatic heterocycles. The van der Waals surface area contributed by atoms with Gasteiger partial charge in [-0.25, -0.2) is 4.79 Å². The van der Waals surface area contributed by atoms with Crippen molar-refractivity contribution in [2.75, 3.05) is 18.5 Å². The number of carbonyl (C=O) groups excluding carboxylic acids is 1. The molecule has 1 fully saturated rings. The van der Waals surface area contributed by atoms with Gasteiger partial charge < -0.3 is 15.4 Å². The summed E-state index contributed by atoms with van der Waals surface area (Å²) < 4.78 is 7.54. The number of hydrogen-bond donors (Lipinski definition) is 2. The number of aryl methyl sites for hydroxylation is 2. The molecule has 0 aliphatic carbocycles. The van der Waals surface area contributed by atoms with Crippen LogP contribution in [0.4, 0.5) is 10.5 Å². The highest BCUT2D eigenvalue weighted by Gasteiger charge is 2.15. The van der Waals surface area contributed by atoms with Crippen molar-refractivity contribution in [3.05, 3.63) is 11.4 Å². The summed E-state index contributed by atoms with van der Waals surface area (Å²) in [5.41, 5.74) is 2.64. The highest BCUT2D eigenvalue weighted by atomic mass is 16.5. The first-order valence-corrected chi connectivity index (χ1v) is 7.82. The number of aromatic nitrogens is 2. The molecule has 0 radical (unpaired) electrons. The summed E-state index contributed by atoms with van der Waals surface area (Å²) in [7, 11) is 0. The number of rotatable bonds is 5. The highest BCUT2D eigenvalue weighted by Crippen LogP contribution is 2.19. The number of carbonyl (C=O) groups is 1. The normalized spacial score (nSPS) is 18.5. The standard InChI is InChI=1S/C15H26N4O2/c1-4-19-12(3)14(11(2)18-19)17-15(20)16-9-8-13-7-5-6-10-21-13/h13H,4-10H2,1-3H3,(H2,16,17,20). The molecule has 2 heterocycles. The molecule has 1 aliphatic rings. The van der Waals surface area contributed by atoms with Crippen LogP contribution >= 0.6 is 0 Å². The second-order valence-corrected chi connectivity index (χ2v) is 5.52. The van der Waals surface area contributed by atoms with Crippen LogP contribution in [0.2, 0.25) is 0 Å². The zero-order valence-electron chi connectivity index (χ0n) is 13.2. The van der Waals surface area contributed by atoms with Crippen LogP contribution in [0, 0.1) is 13.8 Å². The molecule has 1 aliphatic heterocycles. The van der Waals surface area contributed by atoms with Crippen molar-refractivity contribution in [2.45, 2.75) is 59.1 Å². The minimum absolute atomic E-state index is 0.173. The number of urea groups is 1. The Bertz CT molecular complexity index is 478. The van der Waals surface area contributed by atoms with E-state index in [1.807, 2.05) is 25.5 Å². The van der Waals surface area contributed by atoms with Crippen LogP contribution in [0.1, 0.15) is 44.0 Å². The Morgan fingerprint density at radius 2 is 2.24 bits per heavy atom. The van der Waals surface area contributed by atoms with Gasteiger partial charge in [0.1, 0.15) is 0 Å². The molecule has 2 N–H and O–H groups in total. The largest absolute Gasteiger partial charge is 0.378 e. The average molecular weight is 294 g/mol. The van der Waals surface area contributed by atoms with Gasteiger partial charge in [-0.1, -0.05) is 0 Å². The molecule has 0 bridgehead atoms. The zero-order chi connectivity index (χ0) is 15.2. The monoisotopic (exact) mass is 294 g/mol. The number of anilines is 1. The SMILES string of the molecule is CCn1nc(C)c(NC(=O)NCCC2CCCCO2)c1C. The molecule has 6 nitrogen and oxygen atoms in total. The minimum Gasteiger partial charge on any atom is -0.378 e. The van der Waals surface area contributed by atoms with Crippen LogP contribution in [-0.2, 0) is 11.3 Å². The molecule has 118 valence electrons. The third-order valence-corrected chi connectivity index (χ3v) is 3.95. The average Bonchev–Trinajstić information content (AvgIpc) is 2.76. The molecular weight excluding hydrogens is 268 g/mol. The molecule has 21 heavy (non-hydrogen) atoms. The maximum absolute atomic E-state index is 12.0. The topological polar surface area (TPSA) is 68.2 Å². The summed E-state index contributed by atoms with van der Waals surface area (Å²) in [6, 6.07) is -0.173. The highest BCUT2D eigenvalue weighted by molar-refractivity contribution is 5.90. The Morgan fingerprint density at radius 1 is 1.43 bits per heavy atom. The number of nitrogens with one attached hydrogen (secondary N) is 2. The van der Waals surface area contributed by atoms with Gasteiger partial charge in [0.05, 0.1) is 23.2 Å². The fourth-order valence-corrected chi connectivity index (χ4v) is 2.73. The fraction of sp³-hybridized carbons (Fsp3) is 0.733. The Morgan fingerprint density at radius 3 is 2.86 bits per heavy atom. The Balaban J connectivity index is 1.77. The van der Waals surface area contributed by atoms with Gasteiger partial charge in [0.2, 0.25) is 0 Å². The third kappa shape index (κ3) is 4.20. The number of hydrogen-bond acceptors (Lipinski definition) is 3. The lowest BCUT2D eigenvalue weighted by Crippen LogP contribution is -2.32. The number of nitrogens with zero attached hydrogens (tertiary/aromatic N) is 2. The fourth-order valence-electron chi connectivity index (χ4n) is 2.73. The molecule has 1 aromatic rings. The van der Waals surface area contributed by atoms with Gasteiger partial charge in [0.15, 0.2) is 0 Å². The second-order valence-electron chi connectivity index (χ2n) is 5.52. The zero-order valence-corrected chi connectivity index (χ0v) is 13.2. The van der Waals surface area contributed by atoms with Crippen molar-refractivity contribution in [2.24, 2.45) is 0 Å². The number of amides is 2. The van der Waals surface area contributed by atoms with E-state index in [9.17, 15) is 4.79 Å². The van der Waals surface area contributed by atoms with Crippen molar-refractivity contribution in [1.82, 2.24) is 15.1 Å². The van der Waals surface area contributed by atoms with E-state index in [1.165, 1.54) is 6.42 Å². The van der Waals surface area contributed by atoms with Crippen molar-refractivity contribution < 1.29 is 9.53 Å². The lowest BCUT2D eigenvalue weighted by molar-refractivity contribution is 0.0120. The molecule has 0 saturated carbocycles. The Kier molecular flexibility index (Phi) is 5.61. The van der Waals surface area contributed by atoms with Crippen molar-refractivity contribution in [3.8, 4) is 0 Å². The molecule has 1 saturated heterocycles. The molecule has 2 rings (SSSR count). The van der Waals surface area contributed by atoms with Gasteiger partial charge in [-0.3, -0.25) is 4.68 Å². The van der Waals surface area contributed by atoms with E-state index in [0.717, 1.165) is 49.5 Å². The number of ether oxygens (including phenoxy) is 1. The molecule has 1 atom stereocenters. The third-order valence-electron chi connectivity index (χ3n) is 3.95. The lowest BCUT2D eigenvalue weighted by atomic mass is 10.1. The molecule has 1 unspecified atom stereocenters. The van der Waals surface area contributed by atoms with Crippen LogP contribution in [0.25, 0.3) is 0 Å².